The molecule has 0 saturated heterocycles. The maximum absolute atomic E-state index is 13.7. The summed E-state index contributed by atoms with van der Waals surface area (Å²) >= 11 is 0. The van der Waals surface area contributed by atoms with Gasteiger partial charge < -0.3 is 5.73 Å². The fraction of sp³-hybridized carbons (Fsp3) is 0.100. The van der Waals surface area contributed by atoms with Crippen LogP contribution in [0.4, 0.5) is 10.2 Å². The molecule has 1 aromatic heterocycles. The van der Waals surface area contributed by atoms with Crippen molar-refractivity contribution in [2.75, 3.05) is 5.73 Å². The molecule has 0 radical (unpaired) electrons. The lowest BCUT2D eigenvalue weighted by Gasteiger charge is -2.23. The van der Waals surface area contributed by atoms with E-state index in [1.807, 2.05) is 18.2 Å². The normalized spacial score (nSPS) is 12.2. The summed E-state index contributed by atoms with van der Waals surface area (Å²) in [6, 6.07) is 16.5. The lowest BCUT2D eigenvalue weighted by molar-refractivity contribution is 0.628. The first-order valence-corrected chi connectivity index (χ1v) is 7.75. The van der Waals surface area contributed by atoms with Crippen molar-refractivity contribution in [3.63, 3.8) is 0 Å². The van der Waals surface area contributed by atoms with Gasteiger partial charge in [-0.25, -0.2) is 9.37 Å². The number of aryl methyl sites for hydroxylation is 1. The second-order valence-corrected chi connectivity index (χ2v) is 5.85. The molecular weight excluding hydrogens is 301 g/mol. The number of hydrogen-bond donors (Lipinski definition) is 1. The van der Waals surface area contributed by atoms with Crippen LogP contribution in [-0.2, 0) is 12.8 Å². The van der Waals surface area contributed by atoms with Crippen LogP contribution in [0.2, 0.25) is 0 Å². The van der Waals surface area contributed by atoms with Crippen LogP contribution in [0, 0.1) is 17.1 Å². The minimum atomic E-state index is -0.336. The fourth-order valence-corrected chi connectivity index (χ4v) is 3.41. The van der Waals surface area contributed by atoms with Crippen LogP contribution in [0.5, 0.6) is 0 Å². The lowest BCUT2D eigenvalue weighted by atomic mass is 9.83. The van der Waals surface area contributed by atoms with E-state index in [0.29, 0.717) is 16.7 Å². The molecule has 2 N–H and O–H groups in total. The SMILES string of the molecule is N#Cc1c(N)nc2c(c1-c1cccc(F)c1)CCc1ccccc1-2. The Hall–Kier alpha value is -3.19. The number of benzene rings is 2. The molecule has 4 rings (SSSR count). The average Bonchev–Trinajstić information content (AvgIpc) is 2.60. The molecule has 0 amide bonds. The molecule has 24 heavy (non-hydrogen) atoms. The van der Waals surface area contributed by atoms with Gasteiger partial charge in [0.15, 0.2) is 0 Å². The van der Waals surface area contributed by atoms with Gasteiger partial charge in [0.1, 0.15) is 23.3 Å². The Bertz CT molecular complexity index is 1000. The predicted molar refractivity (Wildman–Crippen MR) is 91.6 cm³/mol. The summed E-state index contributed by atoms with van der Waals surface area (Å²) in [6.07, 6.45) is 1.61. The molecule has 0 fully saturated rings. The van der Waals surface area contributed by atoms with E-state index >= 15 is 0 Å². The highest BCUT2D eigenvalue weighted by Gasteiger charge is 2.25. The Morgan fingerprint density at radius 2 is 1.92 bits per heavy atom. The van der Waals surface area contributed by atoms with Gasteiger partial charge in [0.25, 0.3) is 0 Å². The van der Waals surface area contributed by atoms with E-state index in [1.165, 1.54) is 17.7 Å². The average molecular weight is 315 g/mol. The third-order valence-electron chi connectivity index (χ3n) is 4.47. The van der Waals surface area contributed by atoms with Crippen molar-refractivity contribution >= 4 is 5.82 Å². The fourth-order valence-electron chi connectivity index (χ4n) is 3.41. The minimum absolute atomic E-state index is 0.187. The van der Waals surface area contributed by atoms with E-state index < -0.39 is 0 Å². The van der Waals surface area contributed by atoms with Crippen molar-refractivity contribution in [1.82, 2.24) is 4.98 Å². The molecule has 2 aromatic carbocycles. The van der Waals surface area contributed by atoms with Crippen molar-refractivity contribution in [3.8, 4) is 28.5 Å². The summed E-state index contributed by atoms with van der Waals surface area (Å²) in [4.78, 5) is 4.50. The van der Waals surface area contributed by atoms with Crippen LogP contribution in [0.25, 0.3) is 22.4 Å². The highest BCUT2D eigenvalue weighted by atomic mass is 19.1. The first-order chi connectivity index (χ1) is 11.7. The smallest absolute Gasteiger partial charge is 0.142 e. The number of nitriles is 1. The molecule has 0 unspecified atom stereocenters. The molecule has 3 aromatic rings. The molecule has 4 heteroatoms. The van der Waals surface area contributed by atoms with Crippen molar-refractivity contribution in [2.45, 2.75) is 12.8 Å². The monoisotopic (exact) mass is 315 g/mol. The first kappa shape index (κ1) is 14.4. The molecule has 0 atom stereocenters. The lowest BCUT2D eigenvalue weighted by Crippen LogP contribution is -2.11. The Kier molecular flexibility index (Phi) is 3.28. The maximum atomic E-state index is 13.7. The number of nitrogen functional groups attached to an aromatic ring is 1. The predicted octanol–water partition coefficient (Wildman–Crippen LogP) is 4.11. The first-order valence-electron chi connectivity index (χ1n) is 7.75. The summed E-state index contributed by atoms with van der Waals surface area (Å²) in [6.45, 7) is 0. The van der Waals surface area contributed by atoms with Gasteiger partial charge in [0, 0.05) is 11.1 Å². The van der Waals surface area contributed by atoms with E-state index in [4.69, 9.17) is 5.73 Å². The molecule has 1 heterocycles. The van der Waals surface area contributed by atoms with Crippen LogP contribution in [-0.4, -0.2) is 4.98 Å². The molecule has 0 saturated carbocycles. The van der Waals surface area contributed by atoms with Crippen LogP contribution >= 0.6 is 0 Å². The van der Waals surface area contributed by atoms with Crippen LogP contribution in [0.15, 0.2) is 48.5 Å². The quantitative estimate of drug-likeness (QED) is 0.735. The topological polar surface area (TPSA) is 62.7 Å². The van der Waals surface area contributed by atoms with Gasteiger partial charge in [-0.05, 0) is 41.7 Å². The van der Waals surface area contributed by atoms with Crippen molar-refractivity contribution < 1.29 is 4.39 Å². The van der Waals surface area contributed by atoms with E-state index in [9.17, 15) is 9.65 Å². The molecular formula is C20H14FN3. The Labute approximate surface area is 139 Å². The molecule has 0 aliphatic heterocycles. The number of rotatable bonds is 1. The Balaban J connectivity index is 2.08. The second kappa shape index (κ2) is 5.47. The van der Waals surface area contributed by atoms with Crippen molar-refractivity contribution in [1.29, 1.82) is 5.26 Å². The van der Waals surface area contributed by atoms with E-state index in [1.54, 1.807) is 12.1 Å². The van der Waals surface area contributed by atoms with Crippen LogP contribution in [0.3, 0.4) is 0 Å². The minimum Gasteiger partial charge on any atom is -0.383 e. The van der Waals surface area contributed by atoms with Crippen LogP contribution in [0.1, 0.15) is 16.7 Å². The van der Waals surface area contributed by atoms with Gasteiger partial charge in [0.2, 0.25) is 0 Å². The zero-order chi connectivity index (χ0) is 16.7. The zero-order valence-electron chi connectivity index (χ0n) is 12.9. The number of anilines is 1. The van der Waals surface area contributed by atoms with Gasteiger partial charge in [-0.2, -0.15) is 5.26 Å². The Morgan fingerprint density at radius 3 is 2.71 bits per heavy atom. The standard InChI is InChI=1S/C20H14FN3/c21-14-6-3-5-13(10-14)18-16-9-8-12-4-1-2-7-15(12)19(16)24-20(23)17(18)11-22/h1-7,10H,8-9H2,(H2,23,24). The molecule has 0 spiro atoms. The highest BCUT2D eigenvalue weighted by Crippen LogP contribution is 2.40. The van der Waals surface area contributed by atoms with E-state index in [2.05, 4.69) is 17.1 Å². The van der Waals surface area contributed by atoms with E-state index in [-0.39, 0.29) is 11.6 Å². The summed E-state index contributed by atoms with van der Waals surface area (Å²) < 4.78 is 13.7. The summed E-state index contributed by atoms with van der Waals surface area (Å²) in [5, 5.41) is 9.56. The molecule has 0 bridgehead atoms. The number of pyridine rings is 1. The van der Waals surface area contributed by atoms with Gasteiger partial charge in [0.05, 0.1) is 5.69 Å². The third-order valence-corrected chi connectivity index (χ3v) is 4.47. The number of aromatic nitrogens is 1. The summed E-state index contributed by atoms with van der Waals surface area (Å²) in [5.41, 5.74) is 11.8. The highest BCUT2D eigenvalue weighted by molar-refractivity contribution is 5.86. The molecule has 1 aliphatic carbocycles. The van der Waals surface area contributed by atoms with Crippen LogP contribution < -0.4 is 5.73 Å². The number of hydrogen-bond acceptors (Lipinski definition) is 3. The van der Waals surface area contributed by atoms with Gasteiger partial charge >= 0.3 is 0 Å². The van der Waals surface area contributed by atoms with Crippen molar-refractivity contribution in [2.24, 2.45) is 0 Å². The summed E-state index contributed by atoms with van der Waals surface area (Å²) in [5.74, 6) is -0.149. The van der Waals surface area contributed by atoms with Gasteiger partial charge in [-0.15, -0.1) is 0 Å². The Morgan fingerprint density at radius 1 is 1.08 bits per heavy atom. The summed E-state index contributed by atoms with van der Waals surface area (Å²) in [7, 11) is 0. The molecule has 3 nitrogen and oxygen atoms in total. The number of nitrogens with two attached hydrogens (primary N) is 1. The van der Waals surface area contributed by atoms with Gasteiger partial charge in [-0.1, -0.05) is 36.4 Å². The van der Waals surface area contributed by atoms with E-state index in [0.717, 1.165) is 29.7 Å². The number of fused-ring (bicyclic) bond motifs is 3. The molecule has 1 aliphatic rings. The largest absolute Gasteiger partial charge is 0.383 e. The maximum Gasteiger partial charge on any atom is 0.142 e. The second-order valence-electron chi connectivity index (χ2n) is 5.85. The zero-order valence-corrected chi connectivity index (χ0v) is 12.9. The number of halogens is 1. The number of nitrogens with zero attached hydrogens (tertiary/aromatic N) is 2. The van der Waals surface area contributed by atoms with Gasteiger partial charge in [-0.3, -0.25) is 0 Å². The molecule has 116 valence electrons. The van der Waals surface area contributed by atoms with Crippen molar-refractivity contribution in [3.05, 3.63) is 71.0 Å². The third kappa shape index (κ3) is 2.14.